The third kappa shape index (κ3) is 7.99. The van der Waals surface area contributed by atoms with E-state index in [1.807, 2.05) is 12.1 Å². The minimum absolute atomic E-state index is 0.269. The average Bonchev–Trinajstić information content (AvgIpc) is 2.71. The van der Waals surface area contributed by atoms with E-state index >= 15 is 0 Å². The molecule has 1 heterocycles. The van der Waals surface area contributed by atoms with Crippen molar-refractivity contribution in [3.63, 3.8) is 0 Å². The first kappa shape index (κ1) is 24.9. The average molecular weight is 451 g/mol. The highest BCUT2D eigenvalue weighted by Crippen LogP contribution is 2.12. The first-order valence-electron chi connectivity index (χ1n) is 10.7. The van der Waals surface area contributed by atoms with Crippen LogP contribution in [0.4, 0.5) is 5.69 Å². The quantitative estimate of drug-likeness (QED) is 0.532. The van der Waals surface area contributed by atoms with Gasteiger partial charge in [0.15, 0.2) is 0 Å². The van der Waals surface area contributed by atoms with Crippen molar-refractivity contribution in [3.05, 3.63) is 62.4 Å². The van der Waals surface area contributed by atoms with Gasteiger partial charge in [0.25, 0.3) is 5.56 Å². The number of unbranched alkanes of at least 4 members (excludes halogenated alkanes) is 1. The number of nitrogens with one attached hydrogen (secondary N) is 1. The van der Waals surface area contributed by atoms with Gasteiger partial charge in [0.2, 0.25) is 10.0 Å². The Morgan fingerprint density at radius 2 is 1.58 bits per heavy atom. The van der Waals surface area contributed by atoms with E-state index in [4.69, 9.17) is 0 Å². The highest BCUT2D eigenvalue weighted by molar-refractivity contribution is 7.92. The van der Waals surface area contributed by atoms with Crippen LogP contribution in [0, 0.1) is 0 Å². The predicted octanol–water partition coefficient (Wildman–Crippen LogP) is 1.73. The Morgan fingerprint density at radius 3 is 2.19 bits per heavy atom. The zero-order valence-electron chi connectivity index (χ0n) is 18.9. The molecule has 0 aliphatic rings. The number of benzene rings is 1. The summed E-state index contributed by atoms with van der Waals surface area (Å²) in [6, 6.07) is 9.00. The molecule has 0 aliphatic heterocycles. The van der Waals surface area contributed by atoms with E-state index in [0.29, 0.717) is 12.1 Å². The Balaban J connectivity index is 1.93. The molecule has 0 unspecified atom stereocenters. The zero-order valence-corrected chi connectivity index (χ0v) is 19.7. The number of hydrogen-bond donors (Lipinski definition) is 1. The summed E-state index contributed by atoms with van der Waals surface area (Å²) in [5, 5.41) is 0. The van der Waals surface area contributed by atoms with Crippen LogP contribution in [0.3, 0.4) is 0 Å². The maximum absolute atomic E-state index is 12.1. The second-order valence-corrected chi connectivity index (χ2v) is 9.74. The number of nitrogens with zero attached hydrogens (tertiary/aromatic N) is 3. The predicted molar refractivity (Wildman–Crippen MR) is 125 cm³/mol. The van der Waals surface area contributed by atoms with Gasteiger partial charge in [0, 0.05) is 38.1 Å². The van der Waals surface area contributed by atoms with Crippen molar-refractivity contribution in [2.45, 2.75) is 39.0 Å². The lowest BCUT2D eigenvalue weighted by atomic mass is 10.1. The van der Waals surface area contributed by atoms with Crippen molar-refractivity contribution in [1.29, 1.82) is 0 Å². The number of aromatic nitrogens is 2. The monoisotopic (exact) mass is 450 g/mol. The van der Waals surface area contributed by atoms with Crippen molar-refractivity contribution < 1.29 is 8.42 Å². The number of anilines is 1. The number of aryl methyl sites for hydroxylation is 1. The van der Waals surface area contributed by atoms with Gasteiger partial charge in [-0.1, -0.05) is 25.5 Å². The van der Waals surface area contributed by atoms with Crippen molar-refractivity contribution in [2.24, 2.45) is 14.1 Å². The van der Waals surface area contributed by atoms with E-state index in [-0.39, 0.29) is 11.2 Å². The summed E-state index contributed by atoms with van der Waals surface area (Å²) in [6.07, 6.45) is 5.77. The van der Waals surface area contributed by atoms with E-state index in [1.54, 1.807) is 29.8 Å². The summed E-state index contributed by atoms with van der Waals surface area (Å²) in [7, 11) is -0.0772. The molecule has 31 heavy (non-hydrogen) atoms. The minimum Gasteiger partial charge on any atom is -0.303 e. The number of hydrogen-bond acceptors (Lipinski definition) is 5. The summed E-state index contributed by atoms with van der Waals surface area (Å²) in [6.45, 7) is 4.95. The lowest BCUT2D eigenvalue weighted by Crippen LogP contribution is -2.38. The molecule has 0 bridgehead atoms. The number of rotatable bonds is 12. The Bertz CT molecular complexity index is 1070. The molecule has 0 atom stereocenters. The van der Waals surface area contributed by atoms with Crippen molar-refractivity contribution in [3.8, 4) is 0 Å². The van der Waals surface area contributed by atoms with Gasteiger partial charge in [-0.05, 0) is 56.5 Å². The molecule has 0 spiro atoms. The van der Waals surface area contributed by atoms with Crippen molar-refractivity contribution >= 4 is 15.7 Å². The molecule has 0 amide bonds. The van der Waals surface area contributed by atoms with Gasteiger partial charge < -0.3 is 9.47 Å². The standard InChI is InChI=1S/C22H34N4O4S/c1-5-6-14-26(15-7-8-20-17-21(27)25(3)22(28)24(20)2)16-13-18-9-11-19(12-10-18)23-31(4,29)30/h9-12,17,23H,5-8,13-16H2,1-4H3. The molecule has 1 aromatic carbocycles. The SMILES string of the molecule is CCCCN(CCCc1cc(=O)n(C)c(=O)n1C)CCc1ccc(NS(C)(=O)=O)cc1. The second kappa shape index (κ2) is 11.3. The molecule has 2 aromatic rings. The van der Waals surface area contributed by atoms with E-state index in [0.717, 1.165) is 67.4 Å². The molecule has 0 radical (unpaired) electrons. The van der Waals surface area contributed by atoms with Gasteiger partial charge >= 0.3 is 5.69 Å². The third-order valence-corrected chi connectivity index (χ3v) is 5.94. The van der Waals surface area contributed by atoms with Crippen LogP contribution in [0.2, 0.25) is 0 Å². The summed E-state index contributed by atoms with van der Waals surface area (Å²) in [5.41, 5.74) is 1.91. The molecule has 8 nitrogen and oxygen atoms in total. The third-order valence-electron chi connectivity index (χ3n) is 5.33. The molecule has 172 valence electrons. The summed E-state index contributed by atoms with van der Waals surface area (Å²) in [5.74, 6) is 0. The first-order chi connectivity index (χ1) is 14.6. The molecule has 0 saturated carbocycles. The van der Waals surface area contributed by atoms with Crippen LogP contribution in [-0.4, -0.2) is 48.3 Å². The molecular formula is C22H34N4O4S. The summed E-state index contributed by atoms with van der Waals surface area (Å²) < 4.78 is 27.8. The van der Waals surface area contributed by atoms with Gasteiger partial charge in [0.05, 0.1) is 6.26 Å². The number of sulfonamides is 1. The molecular weight excluding hydrogens is 416 g/mol. The highest BCUT2D eigenvalue weighted by atomic mass is 32.2. The van der Waals surface area contributed by atoms with Crippen LogP contribution in [0.5, 0.6) is 0 Å². The van der Waals surface area contributed by atoms with Crippen LogP contribution in [0.25, 0.3) is 0 Å². The van der Waals surface area contributed by atoms with Gasteiger partial charge in [0.1, 0.15) is 0 Å². The molecule has 1 N–H and O–H groups in total. The minimum atomic E-state index is -3.27. The van der Waals surface area contributed by atoms with E-state index < -0.39 is 10.0 Å². The Kier molecular flexibility index (Phi) is 9.06. The van der Waals surface area contributed by atoms with Crippen LogP contribution < -0.4 is 16.0 Å². The van der Waals surface area contributed by atoms with Crippen LogP contribution in [0.1, 0.15) is 37.4 Å². The lowest BCUT2D eigenvalue weighted by Gasteiger charge is -2.22. The zero-order chi connectivity index (χ0) is 23.0. The molecule has 0 fully saturated rings. The van der Waals surface area contributed by atoms with Gasteiger partial charge in [-0.2, -0.15) is 0 Å². The Labute approximate surface area is 184 Å². The smallest absolute Gasteiger partial charge is 0.303 e. The largest absolute Gasteiger partial charge is 0.330 e. The lowest BCUT2D eigenvalue weighted by molar-refractivity contribution is 0.268. The fourth-order valence-electron chi connectivity index (χ4n) is 3.46. The van der Waals surface area contributed by atoms with E-state index in [2.05, 4.69) is 16.5 Å². The van der Waals surface area contributed by atoms with Crippen molar-refractivity contribution in [2.75, 3.05) is 30.6 Å². The van der Waals surface area contributed by atoms with Gasteiger partial charge in [-0.3, -0.25) is 14.1 Å². The normalized spacial score (nSPS) is 11.8. The molecule has 9 heteroatoms. The fraction of sp³-hybridized carbons (Fsp3) is 0.545. The van der Waals surface area contributed by atoms with E-state index in [1.165, 1.54) is 7.05 Å². The second-order valence-electron chi connectivity index (χ2n) is 7.99. The molecule has 0 saturated heterocycles. The summed E-state index contributed by atoms with van der Waals surface area (Å²) >= 11 is 0. The first-order valence-corrected chi connectivity index (χ1v) is 12.5. The Hall–Kier alpha value is -2.39. The maximum atomic E-state index is 12.1. The summed E-state index contributed by atoms with van der Waals surface area (Å²) in [4.78, 5) is 26.4. The fourth-order valence-corrected chi connectivity index (χ4v) is 4.02. The Morgan fingerprint density at radius 1 is 0.935 bits per heavy atom. The van der Waals surface area contributed by atoms with Crippen LogP contribution >= 0.6 is 0 Å². The van der Waals surface area contributed by atoms with Gasteiger partial charge in [-0.25, -0.2) is 13.2 Å². The highest BCUT2D eigenvalue weighted by Gasteiger charge is 2.09. The van der Waals surface area contributed by atoms with Gasteiger partial charge in [-0.15, -0.1) is 0 Å². The van der Waals surface area contributed by atoms with Crippen molar-refractivity contribution in [1.82, 2.24) is 14.0 Å². The van der Waals surface area contributed by atoms with E-state index in [9.17, 15) is 18.0 Å². The maximum Gasteiger partial charge on any atom is 0.330 e. The molecule has 2 rings (SSSR count). The molecule has 1 aromatic heterocycles. The van der Waals surface area contributed by atoms with Crippen LogP contribution in [0.15, 0.2) is 39.9 Å². The molecule has 0 aliphatic carbocycles. The topological polar surface area (TPSA) is 93.4 Å². The van der Waals surface area contributed by atoms with Crippen LogP contribution in [-0.2, 0) is 37.0 Å².